The third-order valence-electron chi connectivity index (χ3n) is 2.16. The lowest BCUT2D eigenvalue weighted by molar-refractivity contribution is 0.882. The van der Waals surface area contributed by atoms with Crippen LogP contribution in [-0.2, 0) is 6.54 Å². The molecule has 5 nitrogen and oxygen atoms in total. The number of rotatable bonds is 2. The quantitative estimate of drug-likeness (QED) is 0.739. The van der Waals surface area contributed by atoms with Crippen molar-refractivity contribution in [2.45, 2.75) is 6.54 Å². The molecule has 2 heterocycles. The van der Waals surface area contributed by atoms with Gasteiger partial charge < -0.3 is 10.6 Å². The average molecular weight is 191 g/mol. The van der Waals surface area contributed by atoms with E-state index in [1.54, 1.807) is 0 Å². The van der Waals surface area contributed by atoms with Crippen LogP contribution in [0.25, 0.3) is 5.65 Å². The van der Waals surface area contributed by atoms with Crippen molar-refractivity contribution < 1.29 is 0 Å². The molecule has 0 aliphatic heterocycles. The average Bonchev–Trinajstić information content (AvgIpc) is 2.59. The van der Waals surface area contributed by atoms with Crippen LogP contribution < -0.4 is 10.6 Å². The van der Waals surface area contributed by atoms with Gasteiger partial charge in [0.1, 0.15) is 0 Å². The van der Waals surface area contributed by atoms with Gasteiger partial charge >= 0.3 is 0 Å². The molecule has 74 valence electrons. The van der Waals surface area contributed by atoms with Crippen LogP contribution in [0.3, 0.4) is 0 Å². The van der Waals surface area contributed by atoms with Gasteiger partial charge in [-0.05, 0) is 6.07 Å². The molecule has 5 heteroatoms. The largest absolute Gasteiger partial charge is 0.378 e. The summed E-state index contributed by atoms with van der Waals surface area (Å²) in [6, 6.07) is 3.99. The Morgan fingerprint density at radius 2 is 2.21 bits per heavy atom. The van der Waals surface area contributed by atoms with E-state index in [2.05, 4.69) is 10.2 Å². The number of hydrogen-bond donors (Lipinski definition) is 1. The zero-order valence-corrected chi connectivity index (χ0v) is 8.31. The maximum atomic E-state index is 5.52. The van der Waals surface area contributed by atoms with Gasteiger partial charge in [0.05, 0.1) is 6.54 Å². The van der Waals surface area contributed by atoms with Gasteiger partial charge in [0.25, 0.3) is 0 Å². The van der Waals surface area contributed by atoms with E-state index < -0.39 is 0 Å². The Balaban J connectivity index is 2.57. The summed E-state index contributed by atoms with van der Waals surface area (Å²) in [5.41, 5.74) is 7.46. The van der Waals surface area contributed by atoms with E-state index in [0.29, 0.717) is 6.54 Å². The normalized spacial score (nSPS) is 10.8. The standard InChI is InChI=1S/C9H13N5/c1-13(2)7-3-4-14-8(5-7)11-12-9(14)6-10/h3-5H,6,10H2,1-2H3. The molecule has 0 aliphatic carbocycles. The molecule has 14 heavy (non-hydrogen) atoms. The summed E-state index contributed by atoms with van der Waals surface area (Å²) in [5, 5.41) is 8.02. The number of fused-ring (bicyclic) bond motifs is 1. The van der Waals surface area contributed by atoms with Crippen molar-refractivity contribution in [2.24, 2.45) is 5.73 Å². The number of anilines is 1. The van der Waals surface area contributed by atoms with Crippen LogP contribution in [0.15, 0.2) is 18.3 Å². The number of hydrogen-bond acceptors (Lipinski definition) is 4. The lowest BCUT2D eigenvalue weighted by Gasteiger charge is -2.11. The topological polar surface area (TPSA) is 59.5 Å². The van der Waals surface area contributed by atoms with Crippen LogP contribution >= 0.6 is 0 Å². The molecule has 2 aromatic heterocycles. The van der Waals surface area contributed by atoms with Gasteiger partial charge in [0.2, 0.25) is 0 Å². The highest BCUT2D eigenvalue weighted by molar-refractivity contribution is 5.55. The number of pyridine rings is 1. The van der Waals surface area contributed by atoms with Crippen molar-refractivity contribution in [1.29, 1.82) is 0 Å². The molecule has 0 atom stereocenters. The first-order valence-electron chi connectivity index (χ1n) is 4.43. The van der Waals surface area contributed by atoms with Crippen LogP contribution in [0.2, 0.25) is 0 Å². The molecular weight excluding hydrogens is 178 g/mol. The Labute approximate surface area is 82.2 Å². The molecule has 2 N–H and O–H groups in total. The second-order valence-electron chi connectivity index (χ2n) is 3.33. The van der Waals surface area contributed by atoms with Gasteiger partial charge in [-0.25, -0.2) is 0 Å². The highest BCUT2D eigenvalue weighted by Gasteiger charge is 2.04. The number of aromatic nitrogens is 3. The molecular formula is C9H13N5. The van der Waals surface area contributed by atoms with Crippen molar-refractivity contribution >= 4 is 11.3 Å². The Bertz CT molecular complexity index is 445. The van der Waals surface area contributed by atoms with Gasteiger partial charge in [-0.1, -0.05) is 0 Å². The molecule has 2 aromatic rings. The molecule has 0 bridgehead atoms. The molecule has 0 amide bonds. The summed E-state index contributed by atoms with van der Waals surface area (Å²) in [6.07, 6.45) is 1.94. The molecule has 0 saturated heterocycles. The van der Waals surface area contributed by atoms with Crippen molar-refractivity contribution in [1.82, 2.24) is 14.6 Å². The highest BCUT2D eigenvalue weighted by atomic mass is 15.3. The Morgan fingerprint density at radius 1 is 1.43 bits per heavy atom. The molecule has 0 unspecified atom stereocenters. The second-order valence-corrected chi connectivity index (χ2v) is 3.33. The zero-order valence-electron chi connectivity index (χ0n) is 8.31. The van der Waals surface area contributed by atoms with Crippen molar-refractivity contribution in [3.05, 3.63) is 24.2 Å². The zero-order chi connectivity index (χ0) is 10.1. The van der Waals surface area contributed by atoms with Gasteiger partial charge in [0.15, 0.2) is 11.5 Å². The molecule has 0 fully saturated rings. The van der Waals surface area contributed by atoms with Crippen LogP contribution in [0, 0.1) is 0 Å². The fourth-order valence-corrected chi connectivity index (χ4v) is 1.35. The van der Waals surface area contributed by atoms with Crippen LogP contribution in [-0.4, -0.2) is 28.7 Å². The monoisotopic (exact) mass is 191 g/mol. The van der Waals surface area contributed by atoms with Crippen LogP contribution in [0.4, 0.5) is 5.69 Å². The maximum Gasteiger partial charge on any atom is 0.162 e. The minimum absolute atomic E-state index is 0.405. The summed E-state index contributed by atoms with van der Waals surface area (Å²) in [5.74, 6) is 0.783. The third-order valence-corrected chi connectivity index (χ3v) is 2.16. The molecule has 2 rings (SSSR count). The predicted molar refractivity (Wildman–Crippen MR) is 55.2 cm³/mol. The lowest BCUT2D eigenvalue weighted by atomic mass is 10.3. The van der Waals surface area contributed by atoms with Crippen molar-refractivity contribution in [2.75, 3.05) is 19.0 Å². The predicted octanol–water partition coefficient (Wildman–Crippen LogP) is 0.254. The minimum atomic E-state index is 0.405. The van der Waals surface area contributed by atoms with E-state index in [1.807, 2.05) is 41.7 Å². The first kappa shape index (κ1) is 8.96. The Morgan fingerprint density at radius 3 is 2.86 bits per heavy atom. The fourth-order valence-electron chi connectivity index (χ4n) is 1.35. The maximum absolute atomic E-state index is 5.52. The summed E-state index contributed by atoms with van der Waals surface area (Å²) in [4.78, 5) is 2.02. The van der Waals surface area contributed by atoms with Gasteiger partial charge in [-0.15, -0.1) is 10.2 Å². The minimum Gasteiger partial charge on any atom is -0.378 e. The lowest BCUT2D eigenvalue weighted by Crippen LogP contribution is -2.09. The SMILES string of the molecule is CN(C)c1ccn2c(CN)nnc2c1. The van der Waals surface area contributed by atoms with Crippen LogP contribution in [0.5, 0.6) is 0 Å². The first-order chi connectivity index (χ1) is 6.72. The van der Waals surface area contributed by atoms with Crippen molar-refractivity contribution in [3.8, 4) is 0 Å². The smallest absolute Gasteiger partial charge is 0.162 e. The van der Waals surface area contributed by atoms with Gasteiger partial charge in [0, 0.05) is 32.0 Å². The van der Waals surface area contributed by atoms with E-state index in [0.717, 1.165) is 17.2 Å². The number of nitrogens with zero attached hydrogens (tertiary/aromatic N) is 4. The molecule has 0 saturated carbocycles. The van der Waals surface area contributed by atoms with Crippen LogP contribution in [0.1, 0.15) is 5.82 Å². The molecule has 0 aromatic carbocycles. The second kappa shape index (κ2) is 3.26. The summed E-state index contributed by atoms with van der Waals surface area (Å²) in [6.45, 7) is 0.405. The summed E-state index contributed by atoms with van der Waals surface area (Å²) < 4.78 is 1.90. The van der Waals surface area contributed by atoms with Crippen molar-refractivity contribution in [3.63, 3.8) is 0 Å². The van der Waals surface area contributed by atoms with E-state index in [-0.39, 0.29) is 0 Å². The van der Waals surface area contributed by atoms with E-state index in [4.69, 9.17) is 5.73 Å². The third kappa shape index (κ3) is 1.31. The number of nitrogens with two attached hydrogens (primary N) is 1. The van der Waals surface area contributed by atoms with E-state index >= 15 is 0 Å². The molecule has 0 aliphatic rings. The Hall–Kier alpha value is -1.62. The summed E-state index contributed by atoms with van der Waals surface area (Å²) in [7, 11) is 3.98. The van der Waals surface area contributed by atoms with E-state index in [9.17, 15) is 0 Å². The highest BCUT2D eigenvalue weighted by Crippen LogP contribution is 2.13. The first-order valence-corrected chi connectivity index (χ1v) is 4.43. The molecule has 0 spiro atoms. The fraction of sp³-hybridized carbons (Fsp3) is 0.333. The van der Waals surface area contributed by atoms with Gasteiger partial charge in [-0.2, -0.15) is 0 Å². The van der Waals surface area contributed by atoms with E-state index in [1.165, 1.54) is 0 Å². The Kier molecular flexibility index (Phi) is 2.09. The molecule has 0 radical (unpaired) electrons. The van der Waals surface area contributed by atoms with Gasteiger partial charge in [-0.3, -0.25) is 4.40 Å². The summed E-state index contributed by atoms with van der Waals surface area (Å²) >= 11 is 0.